The van der Waals surface area contributed by atoms with Crippen LogP contribution < -0.4 is 14.3 Å². The van der Waals surface area contributed by atoms with E-state index in [9.17, 15) is 21.6 Å². The summed E-state index contributed by atoms with van der Waals surface area (Å²) in [4.78, 5) is 11.1. The molecule has 1 amide bonds. The molecule has 0 atom stereocenters. The average Bonchev–Trinajstić information content (AvgIpc) is 2.48. The van der Waals surface area contributed by atoms with Crippen LogP contribution in [0.15, 0.2) is 24.3 Å². The van der Waals surface area contributed by atoms with Crippen molar-refractivity contribution >= 4 is 37.3 Å². The lowest BCUT2D eigenvalue weighted by molar-refractivity contribution is -0.114. The summed E-state index contributed by atoms with van der Waals surface area (Å²) >= 11 is 0. The molecule has 8 nitrogen and oxygen atoms in total. The first kappa shape index (κ1) is 21.4. The Morgan fingerprint density at radius 1 is 1.20 bits per heavy atom. The van der Waals surface area contributed by atoms with Gasteiger partial charge in [-0.25, -0.2) is 21.6 Å². The number of hydrogen-bond acceptors (Lipinski definition) is 5. The standard InChI is InChI=1S/C15H25N3O5S2/c1-4-5-11-25(22,23)16-9-10-18(24(3,20)21)15-8-6-7-14(12-15)17-13(2)19/h6-8,12,16H,4-5,9-11H2,1-3H3,(H,17,19). The molecule has 0 saturated heterocycles. The largest absolute Gasteiger partial charge is 0.326 e. The van der Waals surface area contributed by atoms with Crippen molar-refractivity contribution in [2.75, 3.05) is 34.7 Å². The van der Waals surface area contributed by atoms with E-state index in [0.29, 0.717) is 17.8 Å². The Hall–Kier alpha value is -1.65. The Labute approximate surface area is 149 Å². The van der Waals surface area contributed by atoms with E-state index in [0.717, 1.165) is 17.0 Å². The zero-order valence-corrected chi connectivity index (χ0v) is 16.3. The van der Waals surface area contributed by atoms with Gasteiger partial charge in [0.1, 0.15) is 0 Å². The van der Waals surface area contributed by atoms with Crippen LogP contribution in [0.1, 0.15) is 26.7 Å². The Morgan fingerprint density at radius 3 is 2.44 bits per heavy atom. The smallest absolute Gasteiger partial charge is 0.232 e. The van der Waals surface area contributed by atoms with Gasteiger partial charge < -0.3 is 5.32 Å². The van der Waals surface area contributed by atoms with Crippen LogP contribution in [0.5, 0.6) is 0 Å². The summed E-state index contributed by atoms with van der Waals surface area (Å²) in [6.45, 7) is 3.16. The predicted molar refractivity (Wildman–Crippen MR) is 99.6 cm³/mol. The molecular formula is C15H25N3O5S2. The highest BCUT2D eigenvalue weighted by Crippen LogP contribution is 2.21. The van der Waals surface area contributed by atoms with Crippen molar-refractivity contribution < 1.29 is 21.6 Å². The third-order valence-electron chi connectivity index (χ3n) is 3.26. The number of amides is 1. The number of nitrogens with zero attached hydrogens (tertiary/aromatic N) is 1. The highest BCUT2D eigenvalue weighted by Gasteiger charge is 2.19. The fraction of sp³-hybridized carbons (Fsp3) is 0.533. The maximum Gasteiger partial charge on any atom is 0.232 e. The van der Waals surface area contributed by atoms with Crippen LogP contribution in [0.4, 0.5) is 11.4 Å². The van der Waals surface area contributed by atoms with Crippen molar-refractivity contribution in [2.45, 2.75) is 26.7 Å². The molecule has 25 heavy (non-hydrogen) atoms. The molecule has 0 aromatic heterocycles. The van der Waals surface area contributed by atoms with Gasteiger partial charge in [-0.05, 0) is 24.6 Å². The summed E-state index contributed by atoms with van der Waals surface area (Å²) in [5.41, 5.74) is 0.809. The van der Waals surface area contributed by atoms with Crippen LogP contribution in [0.2, 0.25) is 0 Å². The Kier molecular flexibility index (Phi) is 7.84. The molecule has 1 aromatic carbocycles. The van der Waals surface area contributed by atoms with E-state index in [2.05, 4.69) is 10.0 Å². The number of unbranched alkanes of at least 4 members (excludes halogenated alkanes) is 1. The van der Waals surface area contributed by atoms with Gasteiger partial charge in [-0.1, -0.05) is 19.4 Å². The predicted octanol–water partition coefficient (Wildman–Crippen LogP) is 1.13. The van der Waals surface area contributed by atoms with Crippen molar-refractivity contribution in [1.82, 2.24) is 4.72 Å². The summed E-state index contributed by atoms with van der Waals surface area (Å²) < 4.78 is 51.2. The third kappa shape index (κ3) is 7.84. The molecule has 142 valence electrons. The molecule has 0 spiro atoms. The lowest BCUT2D eigenvalue weighted by atomic mass is 10.2. The van der Waals surface area contributed by atoms with E-state index in [1.807, 2.05) is 6.92 Å². The van der Waals surface area contributed by atoms with Crippen LogP contribution in [-0.2, 0) is 24.8 Å². The maximum atomic E-state index is 12.1. The Morgan fingerprint density at radius 2 is 1.88 bits per heavy atom. The first-order valence-electron chi connectivity index (χ1n) is 7.88. The quantitative estimate of drug-likeness (QED) is 0.621. The number of anilines is 2. The number of nitrogens with one attached hydrogen (secondary N) is 2. The molecule has 0 unspecified atom stereocenters. The van der Waals surface area contributed by atoms with Crippen LogP contribution in [-0.4, -0.2) is 47.8 Å². The minimum Gasteiger partial charge on any atom is -0.326 e. The number of carbonyl (C=O) groups excluding carboxylic acids is 1. The molecule has 0 fully saturated rings. The van der Waals surface area contributed by atoms with E-state index >= 15 is 0 Å². The summed E-state index contributed by atoms with van der Waals surface area (Å²) in [5.74, 6) is -0.257. The van der Waals surface area contributed by atoms with Crippen molar-refractivity contribution in [3.05, 3.63) is 24.3 Å². The second-order valence-electron chi connectivity index (χ2n) is 5.63. The molecule has 10 heteroatoms. The van der Waals surface area contributed by atoms with Gasteiger partial charge in [0.2, 0.25) is 26.0 Å². The SMILES string of the molecule is CCCCS(=O)(=O)NCCN(c1cccc(NC(C)=O)c1)S(C)(=O)=O. The topological polar surface area (TPSA) is 113 Å². The zero-order chi connectivity index (χ0) is 19.1. The fourth-order valence-electron chi connectivity index (χ4n) is 2.14. The average molecular weight is 392 g/mol. The van der Waals surface area contributed by atoms with Crippen LogP contribution in [0.25, 0.3) is 0 Å². The van der Waals surface area contributed by atoms with Gasteiger partial charge in [0.25, 0.3) is 0 Å². The molecule has 0 aliphatic rings. The minimum absolute atomic E-state index is 0.0143. The van der Waals surface area contributed by atoms with Gasteiger partial charge in [-0.3, -0.25) is 9.10 Å². The molecule has 0 saturated carbocycles. The molecule has 1 rings (SSSR count). The van der Waals surface area contributed by atoms with Crippen LogP contribution >= 0.6 is 0 Å². The maximum absolute atomic E-state index is 12.1. The van der Waals surface area contributed by atoms with Gasteiger partial charge in [-0.2, -0.15) is 0 Å². The number of hydrogen-bond donors (Lipinski definition) is 2. The summed E-state index contributed by atoms with van der Waals surface area (Å²) in [6, 6.07) is 6.36. The lowest BCUT2D eigenvalue weighted by Crippen LogP contribution is -2.38. The molecule has 0 aliphatic heterocycles. The number of rotatable bonds is 10. The zero-order valence-electron chi connectivity index (χ0n) is 14.6. The van der Waals surface area contributed by atoms with Gasteiger partial charge >= 0.3 is 0 Å². The first-order chi connectivity index (χ1) is 11.5. The molecule has 2 N–H and O–H groups in total. The highest BCUT2D eigenvalue weighted by atomic mass is 32.2. The second-order valence-corrected chi connectivity index (χ2v) is 9.47. The Bertz CT molecular complexity index is 791. The third-order valence-corrected chi connectivity index (χ3v) is 5.92. The van der Waals surface area contributed by atoms with E-state index in [4.69, 9.17) is 0 Å². The molecule has 0 bridgehead atoms. The molecule has 1 aromatic rings. The van der Waals surface area contributed by atoms with Gasteiger partial charge in [0.15, 0.2) is 0 Å². The van der Waals surface area contributed by atoms with E-state index in [1.54, 1.807) is 18.2 Å². The van der Waals surface area contributed by atoms with Crippen molar-refractivity contribution in [3.63, 3.8) is 0 Å². The number of sulfonamides is 2. The summed E-state index contributed by atoms with van der Waals surface area (Å²) in [6.07, 6.45) is 2.35. The van der Waals surface area contributed by atoms with E-state index < -0.39 is 20.0 Å². The first-order valence-corrected chi connectivity index (χ1v) is 11.4. The fourth-order valence-corrected chi connectivity index (χ4v) is 4.27. The minimum atomic E-state index is -3.61. The number of benzene rings is 1. The van der Waals surface area contributed by atoms with E-state index in [1.165, 1.54) is 13.0 Å². The highest BCUT2D eigenvalue weighted by molar-refractivity contribution is 7.92. The van der Waals surface area contributed by atoms with Gasteiger partial charge in [0, 0.05) is 25.7 Å². The van der Waals surface area contributed by atoms with Crippen LogP contribution in [0, 0.1) is 0 Å². The van der Waals surface area contributed by atoms with Crippen molar-refractivity contribution in [2.24, 2.45) is 0 Å². The number of carbonyl (C=O) groups is 1. The Balaban J connectivity index is 2.88. The normalized spacial score (nSPS) is 12.0. The van der Waals surface area contributed by atoms with Gasteiger partial charge in [0.05, 0.1) is 17.7 Å². The monoisotopic (exact) mass is 391 g/mol. The van der Waals surface area contributed by atoms with Crippen molar-refractivity contribution in [1.29, 1.82) is 0 Å². The second kappa shape index (κ2) is 9.16. The van der Waals surface area contributed by atoms with Crippen molar-refractivity contribution in [3.8, 4) is 0 Å². The molecule has 0 aliphatic carbocycles. The van der Waals surface area contributed by atoms with Crippen LogP contribution in [0.3, 0.4) is 0 Å². The lowest BCUT2D eigenvalue weighted by Gasteiger charge is -2.23. The summed E-state index contributed by atoms with van der Waals surface area (Å²) in [5, 5.41) is 2.58. The molecular weight excluding hydrogens is 366 g/mol. The summed E-state index contributed by atoms with van der Waals surface area (Å²) in [7, 11) is -7.03. The van der Waals surface area contributed by atoms with Gasteiger partial charge in [-0.15, -0.1) is 0 Å². The molecule has 0 radical (unpaired) electrons. The van der Waals surface area contributed by atoms with E-state index in [-0.39, 0.29) is 24.7 Å². The molecule has 0 heterocycles.